The number of hydrogen-bond acceptors (Lipinski definition) is 3. The van der Waals surface area contributed by atoms with Gasteiger partial charge in [-0.25, -0.2) is 0 Å². The van der Waals surface area contributed by atoms with Crippen LogP contribution < -0.4 is 5.73 Å². The Labute approximate surface area is 90.0 Å². The molecule has 0 aromatic carbocycles. The molecule has 3 unspecified atom stereocenters. The van der Waals surface area contributed by atoms with Gasteiger partial charge in [0.25, 0.3) is 0 Å². The molecule has 2 fully saturated rings. The van der Waals surface area contributed by atoms with Crippen LogP contribution in [-0.2, 0) is 4.79 Å². The van der Waals surface area contributed by atoms with Gasteiger partial charge in [0.05, 0.1) is 18.0 Å². The van der Waals surface area contributed by atoms with Gasteiger partial charge in [0.15, 0.2) is 0 Å². The Bertz CT molecular complexity index is 297. The first-order chi connectivity index (χ1) is 7.24. The Morgan fingerprint density at radius 1 is 1.33 bits per heavy atom. The van der Waals surface area contributed by atoms with Gasteiger partial charge in [0, 0.05) is 12.6 Å². The number of carbonyl (C=O) groups is 1. The maximum atomic E-state index is 11.1. The first kappa shape index (κ1) is 10.4. The predicted molar refractivity (Wildman–Crippen MR) is 55.7 cm³/mol. The molecule has 0 aromatic heterocycles. The van der Waals surface area contributed by atoms with E-state index in [4.69, 9.17) is 11.0 Å². The van der Waals surface area contributed by atoms with Gasteiger partial charge in [0.2, 0.25) is 5.91 Å². The Morgan fingerprint density at radius 2 is 2.07 bits per heavy atom. The highest BCUT2D eigenvalue weighted by Gasteiger charge is 2.41. The zero-order valence-corrected chi connectivity index (χ0v) is 8.85. The fraction of sp³-hybridized carbons (Fsp3) is 0.818. The highest BCUT2D eigenvalue weighted by atomic mass is 16.1. The average Bonchev–Trinajstić information content (AvgIpc) is 2.16. The number of primary amides is 1. The van der Waals surface area contributed by atoms with Crippen molar-refractivity contribution in [2.45, 2.75) is 44.2 Å². The number of amides is 1. The molecule has 2 rings (SSSR count). The van der Waals surface area contributed by atoms with Crippen molar-refractivity contribution in [3.63, 3.8) is 0 Å². The van der Waals surface area contributed by atoms with Crippen molar-refractivity contribution in [3.8, 4) is 6.07 Å². The molecule has 1 amide bonds. The van der Waals surface area contributed by atoms with Gasteiger partial charge in [-0.1, -0.05) is 12.8 Å². The molecule has 1 heterocycles. The first-order valence-electron chi connectivity index (χ1n) is 5.68. The molecule has 4 heteroatoms. The van der Waals surface area contributed by atoms with Gasteiger partial charge >= 0.3 is 0 Å². The summed E-state index contributed by atoms with van der Waals surface area (Å²) in [5, 5.41) is 9.06. The fourth-order valence-corrected chi connectivity index (χ4v) is 2.77. The number of nitrogens with zero attached hydrogens (tertiary/aromatic N) is 2. The maximum absolute atomic E-state index is 11.1. The number of hydrogen-bond donors (Lipinski definition) is 1. The van der Waals surface area contributed by atoms with Crippen LogP contribution >= 0.6 is 0 Å². The summed E-state index contributed by atoms with van der Waals surface area (Å²) in [6.07, 6.45) is 5.20. The Kier molecular flexibility index (Phi) is 2.92. The summed E-state index contributed by atoms with van der Waals surface area (Å²) >= 11 is 0. The van der Waals surface area contributed by atoms with Crippen LogP contribution in [0, 0.1) is 17.2 Å². The normalized spacial score (nSPS) is 36.6. The largest absolute Gasteiger partial charge is 0.368 e. The van der Waals surface area contributed by atoms with E-state index in [2.05, 4.69) is 11.0 Å². The molecule has 2 N–H and O–H groups in total. The zero-order chi connectivity index (χ0) is 10.8. The molecular weight excluding hydrogens is 190 g/mol. The third-order valence-corrected chi connectivity index (χ3v) is 3.71. The van der Waals surface area contributed by atoms with Crippen molar-refractivity contribution in [3.05, 3.63) is 0 Å². The van der Waals surface area contributed by atoms with Gasteiger partial charge in [-0.2, -0.15) is 5.26 Å². The second-order valence-corrected chi connectivity index (χ2v) is 4.53. The minimum atomic E-state index is -0.233. The van der Waals surface area contributed by atoms with Crippen molar-refractivity contribution >= 4 is 5.91 Å². The molecule has 4 nitrogen and oxygen atoms in total. The molecular formula is C11H17N3O. The monoisotopic (exact) mass is 207 g/mol. The third kappa shape index (κ3) is 1.84. The highest BCUT2D eigenvalue weighted by molar-refractivity contribution is 5.80. The SMILES string of the molecule is N#CC1CCCCC1N1CCC1C(N)=O. The fourth-order valence-electron chi connectivity index (χ4n) is 2.77. The van der Waals surface area contributed by atoms with Crippen LogP contribution in [0.15, 0.2) is 0 Å². The molecule has 1 saturated carbocycles. The lowest BCUT2D eigenvalue weighted by Gasteiger charge is -2.47. The van der Waals surface area contributed by atoms with Gasteiger partial charge in [-0.05, 0) is 19.3 Å². The minimum Gasteiger partial charge on any atom is -0.368 e. The Morgan fingerprint density at radius 3 is 2.60 bits per heavy atom. The van der Waals surface area contributed by atoms with E-state index in [9.17, 15) is 4.79 Å². The van der Waals surface area contributed by atoms with Gasteiger partial charge in [-0.15, -0.1) is 0 Å². The predicted octanol–water partition coefficient (Wildman–Crippen LogP) is 0.628. The summed E-state index contributed by atoms with van der Waals surface area (Å²) in [4.78, 5) is 13.3. The molecule has 82 valence electrons. The van der Waals surface area contributed by atoms with E-state index < -0.39 is 0 Å². The van der Waals surface area contributed by atoms with Crippen molar-refractivity contribution in [2.24, 2.45) is 11.7 Å². The topological polar surface area (TPSA) is 70.1 Å². The van der Waals surface area contributed by atoms with E-state index in [1.54, 1.807) is 0 Å². The molecule has 2 aliphatic rings. The quantitative estimate of drug-likeness (QED) is 0.722. The average molecular weight is 207 g/mol. The van der Waals surface area contributed by atoms with Gasteiger partial charge < -0.3 is 5.73 Å². The summed E-state index contributed by atoms with van der Waals surface area (Å²) in [7, 11) is 0. The molecule has 0 radical (unpaired) electrons. The van der Waals surface area contributed by atoms with Gasteiger partial charge in [0.1, 0.15) is 0 Å². The number of likely N-dealkylation sites (tertiary alicyclic amines) is 1. The van der Waals surface area contributed by atoms with E-state index in [0.29, 0.717) is 0 Å². The minimum absolute atomic E-state index is 0.0981. The summed E-state index contributed by atoms with van der Waals surface area (Å²) in [6.45, 7) is 0.927. The van der Waals surface area contributed by atoms with Crippen molar-refractivity contribution < 1.29 is 4.79 Å². The van der Waals surface area contributed by atoms with Crippen molar-refractivity contribution in [2.75, 3.05) is 6.54 Å². The smallest absolute Gasteiger partial charge is 0.234 e. The van der Waals surface area contributed by atoms with Crippen LogP contribution in [0.4, 0.5) is 0 Å². The van der Waals surface area contributed by atoms with Crippen LogP contribution in [0.2, 0.25) is 0 Å². The molecule has 1 aliphatic heterocycles. The maximum Gasteiger partial charge on any atom is 0.234 e. The van der Waals surface area contributed by atoms with Crippen LogP contribution in [0.5, 0.6) is 0 Å². The lowest BCUT2D eigenvalue weighted by Crippen LogP contribution is -2.60. The zero-order valence-electron chi connectivity index (χ0n) is 8.85. The van der Waals surface area contributed by atoms with Crippen LogP contribution in [-0.4, -0.2) is 29.4 Å². The summed E-state index contributed by atoms with van der Waals surface area (Å²) in [5.41, 5.74) is 5.32. The molecule has 0 aromatic rings. The second-order valence-electron chi connectivity index (χ2n) is 4.53. The van der Waals surface area contributed by atoms with Crippen LogP contribution in [0.3, 0.4) is 0 Å². The summed E-state index contributed by atoms with van der Waals surface area (Å²) in [6, 6.07) is 2.53. The van der Waals surface area contributed by atoms with Crippen LogP contribution in [0.1, 0.15) is 32.1 Å². The summed E-state index contributed by atoms with van der Waals surface area (Å²) < 4.78 is 0. The molecule has 1 saturated heterocycles. The van der Waals surface area contributed by atoms with E-state index in [1.807, 2.05) is 0 Å². The number of nitriles is 1. The molecule has 0 spiro atoms. The first-order valence-corrected chi connectivity index (χ1v) is 5.68. The lowest BCUT2D eigenvalue weighted by atomic mass is 9.81. The standard InChI is InChI=1S/C11H17N3O/c12-7-8-3-1-2-4-9(8)14-6-5-10(14)11(13)15/h8-10H,1-6H2,(H2,13,15). The highest BCUT2D eigenvalue weighted by Crippen LogP contribution is 2.33. The van der Waals surface area contributed by atoms with Crippen molar-refractivity contribution in [1.82, 2.24) is 4.90 Å². The number of rotatable bonds is 2. The van der Waals surface area contributed by atoms with E-state index in [1.165, 1.54) is 6.42 Å². The third-order valence-electron chi connectivity index (χ3n) is 3.71. The van der Waals surface area contributed by atoms with E-state index in [0.717, 1.165) is 32.2 Å². The number of carbonyl (C=O) groups excluding carboxylic acids is 1. The molecule has 1 aliphatic carbocycles. The summed E-state index contributed by atoms with van der Waals surface area (Å²) in [5.74, 6) is -0.135. The Balaban J connectivity index is 2.02. The lowest BCUT2D eigenvalue weighted by molar-refractivity contribution is -0.130. The van der Waals surface area contributed by atoms with Crippen molar-refractivity contribution in [1.29, 1.82) is 5.26 Å². The van der Waals surface area contributed by atoms with E-state index in [-0.39, 0.29) is 23.9 Å². The molecule has 0 bridgehead atoms. The molecule has 15 heavy (non-hydrogen) atoms. The number of nitrogens with two attached hydrogens (primary N) is 1. The second kappa shape index (κ2) is 4.19. The van der Waals surface area contributed by atoms with Gasteiger partial charge in [-0.3, -0.25) is 9.69 Å². The molecule has 3 atom stereocenters. The van der Waals surface area contributed by atoms with E-state index >= 15 is 0 Å². The van der Waals surface area contributed by atoms with Crippen LogP contribution in [0.25, 0.3) is 0 Å². The Hall–Kier alpha value is -1.08.